The average molecular weight is 297 g/mol. The van der Waals surface area contributed by atoms with Gasteiger partial charge in [-0.25, -0.2) is 0 Å². The summed E-state index contributed by atoms with van der Waals surface area (Å²) in [6.45, 7) is 8.84. The first-order valence-electron chi connectivity index (χ1n) is 7.34. The van der Waals surface area contributed by atoms with Crippen LogP contribution in [0.4, 0.5) is 5.69 Å². The molecule has 0 saturated carbocycles. The van der Waals surface area contributed by atoms with Gasteiger partial charge >= 0.3 is 0 Å². The summed E-state index contributed by atoms with van der Waals surface area (Å²) in [6, 6.07) is 7.08. The van der Waals surface area contributed by atoms with Crippen molar-refractivity contribution in [2.75, 3.05) is 25.1 Å². The van der Waals surface area contributed by atoms with E-state index in [0.29, 0.717) is 23.0 Å². The molecule has 112 valence electrons. The molecule has 0 amide bonds. The summed E-state index contributed by atoms with van der Waals surface area (Å²) in [6.07, 6.45) is 1.20. The Hall–Kier alpha value is -0.930. The Morgan fingerprint density at radius 2 is 2.20 bits per heavy atom. The number of piperazine rings is 1. The molecule has 1 aromatic rings. The van der Waals surface area contributed by atoms with Gasteiger partial charge in [0, 0.05) is 30.9 Å². The van der Waals surface area contributed by atoms with Gasteiger partial charge in [-0.2, -0.15) is 0 Å². The van der Waals surface area contributed by atoms with Crippen molar-refractivity contribution in [2.45, 2.75) is 39.3 Å². The van der Waals surface area contributed by atoms with Gasteiger partial charge in [-0.3, -0.25) is 0 Å². The lowest BCUT2D eigenvalue weighted by atomic mass is 9.99. The maximum Gasteiger partial charge on any atom is 0.137 e. The second-order valence-electron chi connectivity index (χ2n) is 6.05. The van der Waals surface area contributed by atoms with Gasteiger partial charge in [0.25, 0.3) is 0 Å². The zero-order valence-corrected chi connectivity index (χ0v) is 13.6. The minimum Gasteiger partial charge on any atom is -0.495 e. The Morgan fingerprint density at radius 1 is 1.45 bits per heavy atom. The molecule has 1 aromatic carbocycles. The lowest BCUT2D eigenvalue weighted by Crippen LogP contribution is -2.55. The molecule has 1 aliphatic heterocycles. The van der Waals surface area contributed by atoms with E-state index in [2.05, 4.69) is 37.1 Å². The highest BCUT2D eigenvalue weighted by Crippen LogP contribution is 2.31. The number of nitrogens with zero attached hydrogens (tertiary/aromatic N) is 1. The largest absolute Gasteiger partial charge is 0.495 e. The maximum absolute atomic E-state index is 6.25. The first-order valence-corrected chi connectivity index (χ1v) is 7.72. The molecule has 0 bridgehead atoms. The number of rotatable bonds is 4. The lowest BCUT2D eigenvalue weighted by molar-refractivity contribution is 0.356. The van der Waals surface area contributed by atoms with Gasteiger partial charge in [0.15, 0.2) is 0 Å². The van der Waals surface area contributed by atoms with E-state index in [1.807, 2.05) is 12.1 Å². The molecule has 4 heteroatoms. The van der Waals surface area contributed by atoms with Crippen LogP contribution in [-0.4, -0.2) is 32.3 Å². The monoisotopic (exact) mass is 296 g/mol. The molecule has 2 atom stereocenters. The number of methoxy groups -OCH3 is 1. The molecule has 2 rings (SSSR count). The number of hydrogen-bond donors (Lipinski definition) is 1. The van der Waals surface area contributed by atoms with Crippen molar-refractivity contribution in [1.29, 1.82) is 0 Å². The number of hydrogen-bond acceptors (Lipinski definition) is 3. The summed E-state index contributed by atoms with van der Waals surface area (Å²) in [5.41, 5.74) is 1.18. The highest BCUT2D eigenvalue weighted by atomic mass is 35.5. The van der Waals surface area contributed by atoms with Gasteiger partial charge in [-0.05, 0) is 37.5 Å². The third-order valence-corrected chi connectivity index (χ3v) is 4.17. The zero-order chi connectivity index (χ0) is 14.7. The van der Waals surface area contributed by atoms with Crippen molar-refractivity contribution < 1.29 is 4.74 Å². The highest BCUT2D eigenvalue weighted by molar-refractivity contribution is 6.32. The summed E-state index contributed by atoms with van der Waals surface area (Å²) in [5.74, 6) is 1.44. The third-order valence-electron chi connectivity index (χ3n) is 3.87. The standard InChI is InChI=1S/C16H25ClN2O/c1-11(2)7-13-10-19(12(3)9-18-13)14-5-6-16(20-4)15(17)8-14/h5-6,8,11-13,18H,7,9-10H2,1-4H3. The number of ether oxygens (including phenoxy) is 1. The van der Waals surface area contributed by atoms with Crippen molar-refractivity contribution >= 4 is 17.3 Å². The molecule has 0 aliphatic carbocycles. The van der Waals surface area contributed by atoms with Crippen molar-refractivity contribution in [3.8, 4) is 5.75 Å². The topological polar surface area (TPSA) is 24.5 Å². The highest BCUT2D eigenvalue weighted by Gasteiger charge is 2.25. The van der Waals surface area contributed by atoms with E-state index >= 15 is 0 Å². The molecule has 1 heterocycles. The van der Waals surface area contributed by atoms with Crippen LogP contribution < -0.4 is 15.0 Å². The molecule has 1 aliphatic rings. The zero-order valence-electron chi connectivity index (χ0n) is 12.8. The predicted octanol–water partition coefficient (Wildman–Crippen LogP) is 3.56. The van der Waals surface area contributed by atoms with Crippen LogP contribution in [0.5, 0.6) is 5.75 Å². The summed E-state index contributed by atoms with van der Waals surface area (Å²) in [5, 5.41) is 4.31. The normalized spacial score (nSPS) is 23.2. The number of halogens is 1. The van der Waals surface area contributed by atoms with Crippen LogP contribution >= 0.6 is 11.6 Å². The quantitative estimate of drug-likeness (QED) is 0.919. The summed E-state index contributed by atoms with van der Waals surface area (Å²) in [7, 11) is 1.65. The van der Waals surface area contributed by atoms with Gasteiger partial charge < -0.3 is 15.0 Å². The molecule has 1 saturated heterocycles. The molecular weight excluding hydrogens is 272 g/mol. The Kier molecular flexibility index (Phi) is 5.17. The van der Waals surface area contributed by atoms with Crippen LogP contribution in [0, 0.1) is 5.92 Å². The molecule has 0 spiro atoms. The smallest absolute Gasteiger partial charge is 0.137 e. The minimum absolute atomic E-state index is 0.475. The molecule has 3 nitrogen and oxygen atoms in total. The second kappa shape index (κ2) is 6.68. The van der Waals surface area contributed by atoms with Crippen LogP contribution in [0.3, 0.4) is 0 Å². The van der Waals surface area contributed by atoms with Crippen LogP contribution in [-0.2, 0) is 0 Å². The van der Waals surface area contributed by atoms with Crippen molar-refractivity contribution in [3.05, 3.63) is 23.2 Å². The van der Waals surface area contributed by atoms with Crippen molar-refractivity contribution in [2.24, 2.45) is 5.92 Å². The lowest BCUT2D eigenvalue weighted by Gasteiger charge is -2.41. The van der Waals surface area contributed by atoms with E-state index in [-0.39, 0.29) is 0 Å². The van der Waals surface area contributed by atoms with E-state index < -0.39 is 0 Å². The summed E-state index contributed by atoms with van der Waals surface area (Å²) in [4.78, 5) is 2.44. The second-order valence-corrected chi connectivity index (χ2v) is 6.46. The van der Waals surface area contributed by atoms with Crippen molar-refractivity contribution in [1.82, 2.24) is 5.32 Å². The average Bonchev–Trinajstić information content (AvgIpc) is 2.40. The van der Waals surface area contributed by atoms with E-state index in [0.717, 1.165) is 18.8 Å². The Labute approximate surface area is 127 Å². The fourth-order valence-electron chi connectivity index (χ4n) is 2.85. The maximum atomic E-state index is 6.25. The third kappa shape index (κ3) is 3.58. The van der Waals surface area contributed by atoms with Crippen LogP contribution in [0.15, 0.2) is 18.2 Å². The predicted molar refractivity (Wildman–Crippen MR) is 86.1 cm³/mol. The van der Waals surface area contributed by atoms with Crippen molar-refractivity contribution in [3.63, 3.8) is 0 Å². The molecule has 1 N–H and O–H groups in total. The van der Waals surface area contributed by atoms with Gasteiger partial charge in [0.2, 0.25) is 0 Å². The van der Waals surface area contributed by atoms with Gasteiger partial charge in [0.1, 0.15) is 5.75 Å². The van der Waals surface area contributed by atoms with E-state index in [1.165, 1.54) is 12.1 Å². The first-order chi connectivity index (χ1) is 9.51. The van der Waals surface area contributed by atoms with E-state index in [9.17, 15) is 0 Å². The van der Waals surface area contributed by atoms with Crippen LogP contribution in [0.1, 0.15) is 27.2 Å². The number of anilines is 1. The van der Waals surface area contributed by atoms with E-state index in [1.54, 1.807) is 7.11 Å². The van der Waals surface area contributed by atoms with Gasteiger partial charge in [-0.1, -0.05) is 25.4 Å². The minimum atomic E-state index is 0.475. The molecule has 0 radical (unpaired) electrons. The van der Waals surface area contributed by atoms with Gasteiger partial charge in [-0.15, -0.1) is 0 Å². The first kappa shape index (κ1) is 15.5. The summed E-state index contributed by atoms with van der Waals surface area (Å²) < 4.78 is 5.23. The van der Waals surface area contributed by atoms with E-state index in [4.69, 9.17) is 16.3 Å². The summed E-state index contributed by atoms with van der Waals surface area (Å²) >= 11 is 6.25. The number of nitrogens with one attached hydrogen (secondary N) is 1. The molecule has 1 fully saturated rings. The SMILES string of the molecule is COc1ccc(N2CC(CC(C)C)NCC2C)cc1Cl. The molecule has 20 heavy (non-hydrogen) atoms. The molecular formula is C16H25ClN2O. The van der Waals surface area contributed by atoms with Gasteiger partial charge in [0.05, 0.1) is 12.1 Å². The Morgan fingerprint density at radius 3 is 2.80 bits per heavy atom. The van der Waals surface area contributed by atoms with Crippen LogP contribution in [0.2, 0.25) is 5.02 Å². The number of benzene rings is 1. The fraction of sp³-hybridized carbons (Fsp3) is 0.625. The van der Waals surface area contributed by atoms with Crippen LogP contribution in [0.25, 0.3) is 0 Å². The Bertz CT molecular complexity index is 450. The molecule has 2 unspecified atom stereocenters. The molecule has 0 aromatic heterocycles. The Balaban J connectivity index is 2.14. The fourth-order valence-corrected chi connectivity index (χ4v) is 3.10.